The molecule has 0 radical (unpaired) electrons. The molecule has 1 heterocycles. The molecule has 2 aromatic rings. The molecule has 0 fully saturated rings. The number of esters is 1. The van der Waals surface area contributed by atoms with Crippen molar-refractivity contribution in [3.05, 3.63) is 60.4 Å². The van der Waals surface area contributed by atoms with E-state index in [1.54, 1.807) is 10.9 Å². The zero-order chi connectivity index (χ0) is 23.3. The van der Waals surface area contributed by atoms with E-state index in [1.807, 2.05) is 58.9 Å². The number of ether oxygens (including phenoxy) is 1. The van der Waals surface area contributed by atoms with Crippen LogP contribution in [0.1, 0.15) is 58.2 Å². The number of carbonyl (C=O) groups is 1. The number of nitrogens with zero attached hydrogens (tertiary/aromatic N) is 3. The van der Waals surface area contributed by atoms with Gasteiger partial charge in [-0.2, -0.15) is 0 Å². The van der Waals surface area contributed by atoms with Crippen LogP contribution in [0.25, 0.3) is 0 Å². The van der Waals surface area contributed by atoms with Crippen molar-refractivity contribution in [2.24, 2.45) is 10.8 Å². The van der Waals surface area contributed by atoms with E-state index in [9.17, 15) is 9.90 Å². The summed E-state index contributed by atoms with van der Waals surface area (Å²) in [7, 11) is 0. The van der Waals surface area contributed by atoms with Crippen molar-refractivity contribution in [1.82, 2.24) is 15.0 Å². The van der Waals surface area contributed by atoms with Crippen LogP contribution in [0.5, 0.6) is 0 Å². The summed E-state index contributed by atoms with van der Waals surface area (Å²) in [6, 6.07) is 10.1. The number of aromatic nitrogens is 3. The SMILES string of the molecule is C=CC(C)(C(CC(C)(C)C(C)(C)C(=O)OCCO)c1ccccc1)n1cc(CO)nn1. The zero-order valence-electron chi connectivity index (χ0n) is 19.2. The number of rotatable bonds is 11. The summed E-state index contributed by atoms with van der Waals surface area (Å²) in [5.41, 5.74) is -0.393. The van der Waals surface area contributed by atoms with Gasteiger partial charge in [-0.15, -0.1) is 11.7 Å². The highest BCUT2D eigenvalue weighted by molar-refractivity contribution is 5.77. The number of aliphatic hydroxyl groups excluding tert-OH is 2. The third-order valence-electron chi connectivity index (χ3n) is 6.76. The third kappa shape index (κ3) is 5.05. The van der Waals surface area contributed by atoms with Gasteiger partial charge in [0.15, 0.2) is 0 Å². The van der Waals surface area contributed by atoms with E-state index in [1.165, 1.54) is 0 Å². The minimum atomic E-state index is -0.810. The van der Waals surface area contributed by atoms with Crippen LogP contribution in [0.2, 0.25) is 0 Å². The Bertz CT molecular complexity index is 876. The first-order valence-corrected chi connectivity index (χ1v) is 10.5. The highest BCUT2D eigenvalue weighted by Gasteiger charge is 2.48. The second-order valence-electron chi connectivity index (χ2n) is 9.28. The molecule has 0 aliphatic heterocycles. The Kier molecular flexibility index (Phi) is 7.78. The van der Waals surface area contributed by atoms with Gasteiger partial charge < -0.3 is 14.9 Å². The van der Waals surface area contributed by atoms with Gasteiger partial charge >= 0.3 is 5.97 Å². The van der Waals surface area contributed by atoms with E-state index in [0.717, 1.165) is 5.56 Å². The van der Waals surface area contributed by atoms with Crippen molar-refractivity contribution in [1.29, 1.82) is 0 Å². The molecule has 2 atom stereocenters. The maximum Gasteiger partial charge on any atom is 0.312 e. The Labute approximate surface area is 184 Å². The zero-order valence-corrected chi connectivity index (χ0v) is 19.2. The van der Waals surface area contributed by atoms with Crippen molar-refractivity contribution < 1.29 is 19.7 Å². The topological polar surface area (TPSA) is 97.5 Å². The quantitative estimate of drug-likeness (QED) is 0.420. The van der Waals surface area contributed by atoms with Crippen LogP contribution in [0, 0.1) is 10.8 Å². The van der Waals surface area contributed by atoms with E-state index in [0.29, 0.717) is 12.1 Å². The second kappa shape index (κ2) is 9.75. The first-order valence-electron chi connectivity index (χ1n) is 10.5. The first-order chi connectivity index (χ1) is 14.5. The monoisotopic (exact) mass is 429 g/mol. The van der Waals surface area contributed by atoms with Crippen LogP contribution >= 0.6 is 0 Å². The Morgan fingerprint density at radius 3 is 2.35 bits per heavy atom. The van der Waals surface area contributed by atoms with Crippen LogP contribution in [0.3, 0.4) is 0 Å². The summed E-state index contributed by atoms with van der Waals surface area (Å²) in [6.07, 6.45) is 4.19. The first kappa shape index (κ1) is 24.8. The second-order valence-corrected chi connectivity index (χ2v) is 9.28. The van der Waals surface area contributed by atoms with Gasteiger partial charge in [0.25, 0.3) is 0 Å². The smallest absolute Gasteiger partial charge is 0.312 e. The molecule has 0 saturated heterocycles. The van der Waals surface area contributed by atoms with Crippen molar-refractivity contribution in [2.75, 3.05) is 13.2 Å². The molecule has 0 aliphatic carbocycles. The minimum Gasteiger partial charge on any atom is -0.463 e. The fraction of sp³-hybridized carbons (Fsp3) is 0.542. The summed E-state index contributed by atoms with van der Waals surface area (Å²) >= 11 is 0. The molecule has 2 N–H and O–H groups in total. The lowest BCUT2D eigenvalue weighted by atomic mass is 9.60. The van der Waals surface area contributed by atoms with Crippen molar-refractivity contribution in [3.8, 4) is 0 Å². The number of aliphatic hydroxyl groups is 2. The molecular formula is C24H35N3O4. The van der Waals surface area contributed by atoms with Crippen molar-refractivity contribution in [3.63, 3.8) is 0 Å². The Hall–Kier alpha value is -2.51. The Morgan fingerprint density at radius 1 is 1.19 bits per heavy atom. The van der Waals surface area contributed by atoms with Gasteiger partial charge in [-0.05, 0) is 38.2 Å². The van der Waals surface area contributed by atoms with Crippen LogP contribution < -0.4 is 0 Å². The average Bonchev–Trinajstić information content (AvgIpc) is 3.25. The fourth-order valence-corrected chi connectivity index (χ4v) is 3.71. The molecule has 2 unspecified atom stereocenters. The normalized spacial score (nSPS) is 15.2. The molecule has 1 aromatic carbocycles. The van der Waals surface area contributed by atoms with Gasteiger partial charge in [0, 0.05) is 5.92 Å². The molecule has 0 aliphatic rings. The minimum absolute atomic E-state index is 0.0201. The Balaban J connectivity index is 2.52. The molecular weight excluding hydrogens is 394 g/mol. The van der Waals surface area contributed by atoms with Crippen molar-refractivity contribution >= 4 is 5.97 Å². The van der Waals surface area contributed by atoms with Gasteiger partial charge in [0.2, 0.25) is 0 Å². The summed E-state index contributed by atoms with van der Waals surface area (Å²) in [6.45, 7) is 13.5. The van der Waals surface area contributed by atoms with E-state index in [-0.39, 0.29) is 31.7 Å². The molecule has 1 aromatic heterocycles. The van der Waals surface area contributed by atoms with Crippen LogP contribution in [0.15, 0.2) is 49.2 Å². The van der Waals surface area contributed by atoms with Gasteiger partial charge in [-0.3, -0.25) is 4.79 Å². The molecule has 0 spiro atoms. The predicted octanol–water partition coefficient (Wildman–Crippen LogP) is 3.43. The van der Waals surface area contributed by atoms with E-state index in [2.05, 4.69) is 29.0 Å². The van der Waals surface area contributed by atoms with Crippen LogP contribution in [0.4, 0.5) is 0 Å². The number of carbonyl (C=O) groups excluding carboxylic acids is 1. The average molecular weight is 430 g/mol. The molecule has 31 heavy (non-hydrogen) atoms. The molecule has 2 rings (SSSR count). The highest BCUT2D eigenvalue weighted by Crippen LogP contribution is 2.50. The van der Waals surface area contributed by atoms with E-state index < -0.39 is 16.4 Å². The lowest BCUT2D eigenvalue weighted by molar-refractivity contribution is -0.162. The fourth-order valence-electron chi connectivity index (χ4n) is 3.71. The lowest BCUT2D eigenvalue weighted by Crippen LogP contribution is -2.45. The number of hydrogen-bond donors (Lipinski definition) is 2. The molecule has 0 saturated carbocycles. The molecule has 7 nitrogen and oxygen atoms in total. The maximum absolute atomic E-state index is 12.8. The highest BCUT2D eigenvalue weighted by atomic mass is 16.5. The van der Waals surface area contributed by atoms with Gasteiger partial charge in [0.05, 0.1) is 30.4 Å². The van der Waals surface area contributed by atoms with Gasteiger partial charge in [-0.25, -0.2) is 4.68 Å². The van der Waals surface area contributed by atoms with E-state index >= 15 is 0 Å². The van der Waals surface area contributed by atoms with E-state index in [4.69, 9.17) is 9.84 Å². The maximum atomic E-state index is 12.8. The van der Waals surface area contributed by atoms with Crippen LogP contribution in [-0.2, 0) is 21.7 Å². The standard InChI is InChI=1S/C24H35N3O4/c1-7-24(6,27-16-19(17-29)25-26-27)20(18-11-9-8-10-12-18)15-22(2,3)23(4,5)21(30)31-14-13-28/h7-12,16,20,28-29H,1,13-15,17H2,2-6H3. The van der Waals surface area contributed by atoms with Crippen molar-refractivity contribution in [2.45, 2.75) is 59.1 Å². The summed E-state index contributed by atoms with van der Waals surface area (Å²) < 4.78 is 7.01. The predicted molar refractivity (Wildman–Crippen MR) is 119 cm³/mol. The number of benzene rings is 1. The third-order valence-corrected chi connectivity index (χ3v) is 6.76. The van der Waals surface area contributed by atoms with Gasteiger partial charge in [0.1, 0.15) is 12.3 Å². The summed E-state index contributed by atoms with van der Waals surface area (Å²) in [4.78, 5) is 12.8. The number of hydrogen-bond acceptors (Lipinski definition) is 6. The Morgan fingerprint density at radius 2 is 1.84 bits per heavy atom. The van der Waals surface area contributed by atoms with Crippen LogP contribution in [-0.4, -0.2) is 44.4 Å². The summed E-state index contributed by atoms with van der Waals surface area (Å²) in [5.74, 6) is -0.443. The lowest BCUT2D eigenvalue weighted by Gasteiger charge is -2.45. The summed E-state index contributed by atoms with van der Waals surface area (Å²) in [5, 5.41) is 26.8. The molecule has 0 amide bonds. The largest absolute Gasteiger partial charge is 0.463 e. The molecule has 0 bridgehead atoms. The molecule has 7 heteroatoms. The number of allylic oxidation sites excluding steroid dienone is 1. The molecule has 170 valence electrons. The van der Waals surface area contributed by atoms with Gasteiger partial charge in [-0.1, -0.05) is 55.5 Å².